The molecule has 4 rings (SSSR count). The molecule has 0 N–H and O–H groups in total. The number of allylic oxidation sites excluding steroid dienone is 2. The molecule has 0 saturated carbocycles. The second-order valence-corrected chi connectivity index (χ2v) is 11.2. The number of rotatable bonds is 9. The van der Waals surface area contributed by atoms with Crippen LogP contribution in [0.4, 0.5) is 0 Å². The third kappa shape index (κ3) is 3.82. The van der Waals surface area contributed by atoms with Crippen molar-refractivity contribution in [2.45, 2.75) is 20.3 Å². The molecule has 0 bridgehead atoms. The number of hydrogen-bond donors (Lipinski definition) is 0. The Morgan fingerprint density at radius 2 is 1.22 bits per heavy atom. The Hall–Kier alpha value is -3.37. The molecule has 0 fully saturated rings. The summed E-state index contributed by atoms with van der Waals surface area (Å²) in [5.74, 6) is 0.584. The van der Waals surface area contributed by atoms with E-state index in [2.05, 4.69) is 61.7 Å². The highest BCUT2D eigenvalue weighted by Crippen LogP contribution is 2.33. The molecule has 3 aromatic carbocycles. The molecule has 0 unspecified atom stereocenters. The van der Waals surface area contributed by atoms with Crippen LogP contribution in [0.25, 0.3) is 0 Å². The third-order valence-corrected chi connectivity index (χ3v) is 10.1. The van der Waals surface area contributed by atoms with Gasteiger partial charge in [0.1, 0.15) is 5.76 Å². The van der Waals surface area contributed by atoms with E-state index in [1.165, 1.54) is 0 Å². The van der Waals surface area contributed by atoms with Gasteiger partial charge in [0.2, 0.25) is 0 Å². The lowest BCUT2D eigenvalue weighted by Gasteiger charge is -2.38. The number of hydrogen-bond acceptors (Lipinski definition) is 3. The first-order valence-corrected chi connectivity index (χ1v) is 13.1. The number of Topliss-reactive ketones (excluding diaryl/α,β-unsaturated/α-hetero) is 1. The lowest BCUT2D eigenvalue weighted by atomic mass is 9.90. The first kappa shape index (κ1) is 21.8. The van der Waals surface area contributed by atoms with Crippen molar-refractivity contribution in [3.63, 3.8) is 0 Å². The zero-order valence-electron chi connectivity index (χ0n) is 18.8. The van der Waals surface area contributed by atoms with Gasteiger partial charge in [-0.15, -0.1) is 0 Å². The zero-order chi connectivity index (χ0) is 22.6. The molecular formula is C28H29NO2Si. The van der Waals surface area contributed by atoms with E-state index in [4.69, 9.17) is 4.43 Å². The van der Waals surface area contributed by atoms with E-state index >= 15 is 0 Å². The van der Waals surface area contributed by atoms with E-state index in [1.807, 2.05) is 54.6 Å². The molecule has 0 heterocycles. The molecule has 0 aromatic heterocycles. The minimum Gasteiger partial charge on any atom is -0.530 e. The molecule has 0 radical (unpaired) electrons. The maximum Gasteiger partial charge on any atom is 0.346 e. The summed E-state index contributed by atoms with van der Waals surface area (Å²) >= 11 is 0. The average Bonchev–Trinajstić information content (AvgIpc) is 2.84. The molecule has 4 heteroatoms. The van der Waals surface area contributed by atoms with Crippen molar-refractivity contribution in [1.82, 2.24) is 4.90 Å². The Bertz CT molecular complexity index is 1020. The minimum absolute atomic E-state index is 0.106. The molecule has 1 aliphatic rings. The maximum atomic E-state index is 12.7. The van der Waals surface area contributed by atoms with E-state index in [1.54, 1.807) is 0 Å². The molecule has 3 nitrogen and oxygen atoms in total. The van der Waals surface area contributed by atoms with Crippen LogP contribution >= 0.6 is 0 Å². The van der Waals surface area contributed by atoms with E-state index in [0.717, 1.165) is 34.3 Å². The fourth-order valence-electron chi connectivity index (χ4n) is 4.51. The van der Waals surface area contributed by atoms with Gasteiger partial charge >= 0.3 is 8.32 Å². The van der Waals surface area contributed by atoms with Crippen LogP contribution in [-0.2, 0) is 9.22 Å². The molecule has 0 spiro atoms. The second-order valence-electron chi connectivity index (χ2n) is 7.90. The van der Waals surface area contributed by atoms with Crippen molar-refractivity contribution in [3.05, 3.63) is 115 Å². The van der Waals surface area contributed by atoms with Crippen LogP contribution in [0.5, 0.6) is 0 Å². The van der Waals surface area contributed by atoms with Gasteiger partial charge in [-0.1, -0.05) is 97.6 Å². The normalized spacial score (nSPS) is 13.5. The van der Waals surface area contributed by atoms with Crippen molar-refractivity contribution < 1.29 is 9.22 Å². The van der Waals surface area contributed by atoms with Gasteiger partial charge < -0.3 is 9.33 Å². The molecule has 0 saturated heterocycles. The molecule has 0 atom stereocenters. The second kappa shape index (κ2) is 9.41. The van der Waals surface area contributed by atoms with Crippen molar-refractivity contribution in [3.8, 4) is 0 Å². The summed E-state index contributed by atoms with van der Waals surface area (Å²) in [5.41, 5.74) is 1.69. The van der Waals surface area contributed by atoms with Crippen LogP contribution in [0.1, 0.15) is 20.3 Å². The van der Waals surface area contributed by atoms with Crippen molar-refractivity contribution in [1.29, 1.82) is 0 Å². The summed E-state index contributed by atoms with van der Waals surface area (Å²) in [6.07, 6.45) is 0.454. The van der Waals surface area contributed by atoms with Gasteiger partial charge in [-0.3, -0.25) is 4.79 Å². The topological polar surface area (TPSA) is 29.5 Å². The van der Waals surface area contributed by atoms with Crippen LogP contribution in [0.3, 0.4) is 0 Å². The van der Waals surface area contributed by atoms with Gasteiger partial charge in [0.15, 0.2) is 5.78 Å². The van der Waals surface area contributed by atoms with Gasteiger partial charge in [-0.05, 0) is 29.4 Å². The summed E-state index contributed by atoms with van der Waals surface area (Å²) in [4.78, 5) is 14.9. The fraction of sp³-hybridized carbons (Fsp3) is 0.179. The van der Waals surface area contributed by atoms with E-state index in [-0.39, 0.29) is 5.78 Å². The number of benzene rings is 3. The Balaban J connectivity index is 1.90. The SMILES string of the molecule is C=C(O[Si](c1ccccc1)(c1ccccc1)c1ccccc1)C1=C(N(CC)CC)CC1=O. The monoisotopic (exact) mass is 439 g/mol. The summed E-state index contributed by atoms with van der Waals surface area (Å²) in [6, 6.07) is 31.1. The van der Waals surface area contributed by atoms with Gasteiger partial charge in [0.25, 0.3) is 0 Å². The van der Waals surface area contributed by atoms with Gasteiger partial charge in [0.05, 0.1) is 12.0 Å². The van der Waals surface area contributed by atoms with Crippen molar-refractivity contribution >= 4 is 29.7 Å². The van der Waals surface area contributed by atoms with Crippen molar-refractivity contribution in [2.75, 3.05) is 13.1 Å². The van der Waals surface area contributed by atoms with Crippen LogP contribution in [0.15, 0.2) is 115 Å². The van der Waals surface area contributed by atoms with E-state index in [9.17, 15) is 4.79 Å². The largest absolute Gasteiger partial charge is 0.530 e. The van der Waals surface area contributed by atoms with Gasteiger partial charge in [-0.2, -0.15) is 0 Å². The molecule has 0 amide bonds. The quantitative estimate of drug-likeness (QED) is 0.289. The molecule has 0 aliphatic heterocycles. The highest BCUT2D eigenvalue weighted by atomic mass is 28.4. The van der Waals surface area contributed by atoms with Gasteiger partial charge in [-0.25, -0.2) is 0 Å². The zero-order valence-corrected chi connectivity index (χ0v) is 19.8. The number of carbonyl (C=O) groups is 1. The van der Waals surface area contributed by atoms with Gasteiger partial charge in [0, 0.05) is 18.8 Å². The highest BCUT2D eigenvalue weighted by molar-refractivity contribution is 7.07. The number of carbonyl (C=O) groups excluding carboxylic acids is 1. The standard InChI is InChI=1S/C28H29NO2Si/c1-4-29(5-2)26-21-27(30)28(26)22(3)31-32(23-15-9-6-10-16-23,24-17-11-7-12-18-24)25-19-13-8-14-20-25/h6-20H,3-5,21H2,1-2H3. The number of nitrogens with zero attached hydrogens (tertiary/aromatic N) is 1. The summed E-state index contributed by atoms with van der Waals surface area (Å²) in [6.45, 7) is 10.2. The van der Waals surface area contributed by atoms with Crippen molar-refractivity contribution in [2.24, 2.45) is 0 Å². The minimum atomic E-state index is -2.95. The van der Waals surface area contributed by atoms with Crippen LogP contribution < -0.4 is 15.6 Å². The lowest BCUT2D eigenvalue weighted by molar-refractivity contribution is -0.117. The Labute approximate surface area is 191 Å². The smallest absolute Gasteiger partial charge is 0.346 e. The predicted octanol–water partition coefficient (Wildman–Crippen LogP) is 3.75. The lowest BCUT2D eigenvalue weighted by Crippen LogP contribution is -2.69. The molecule has 32 heavy (non-hydrogen) atoms. The predicted molar refractivity (Wildman–Crippen MR) is 134 cm³/mol. The van der Waals surface area contributed by atoms with Crippen LogP contribution in [-0.4, -0.2) is 32.1 Å². The Kier molecular flexibility index (Phi) is 6.42. The Morgan fingerprint density at radius 3 is 1.56 bits per heavy atom. The molecule has 1 aliphatic carbocycles. The average molecular weight is 440 g/mol. The first-order valence-electron chi connectivity index (χ1n) is 11.2. The first-order chi connectivity index (χ1) is 15.6. The highest BCUT2D eigenvalue weighted by Gasteiger charge is 2.46. The van der Waals surface area contributed by atoms with Crippen LogP contribution in [0, 0.1) is 0 Å². The number of ketones is 1. The van der Waals surface area contributed by atoms with E-state index in [0.29, 0.717) is 17.8 Å². The van der Waals surface area contributed by atoms with E-state index < -0.39 is 8.32 Å². The maximum absolute atomic E-state index is 12.7. The van der Waals surface area contributed by atoms with Crippen LogP contribution in [0.2, 0.25) is 0 Å². The Morgan fingerprint density at radius 1 is 0.812 bits per heavy atom. The molecule has 162 valence electrons. The summed E-state index contributed by atoms with van der Waals surface area (Å²) in [5, 5.41) is 3.36. The summed E-state index contributed by atoms with van der Waals surface area (Å²) < 4.78 is 6.98. The molecular weight excluding hydrogens is 410 g/mol. The summed E-state index contributed by atoms with van der Waals surface area (Å²) in [7, 11) is -2.95. The third-order valence-electron chi connectivity index (χ3n) is 6.14. The fourth-order valence-corrected chi connectivity index (χ4v) is 8.32. The molecule has 3 aromatic rings.